The topological polar surface area (TPSA) is 87.7 Å². The van der Waals surface area contributed by atoms with Crippen LogP contribution in [0.15, 0.2) is 72.8 Å². The van der Waals surface area contributed by atoms with Crippen LogP contribution in [-0.2, 0) is 20.9 Å². The SMILES string of the molecule is O=C(N[C@H]1C[C@H]2C(=O)N[C@@H](COCc3ccccc3)C(=O)N2C1)c1ccc2ccccc2c1. The molecule has 0 bridgehead atoms. The van der Waals surface area contributed by atoms with E-state index in [0.717, 1.165) is 16.3 Å². The molecule has 0 radical (unpaired) electrons. The second-order valence-electron chi connectivity index (χ2n) is 8.54. The Morgan fingerprint density at radius 3 is 2.58 bits per heavy atom. The average Bonchev–Trinajstić information content (AvgIpc) is 3.27. The molecule has 5 rings (SSSR count). The van der Waals surface area contributed by atoms with E-state index in [1.807, 2.05) is 66.7 Å². The first-order chi connectivity index (χ1) is 16.1. The lowest BCUT2D eigenvalue weighted by Crippen LogP contribution is -2.62. The number of carbonyl (C=O) groups is 3. The largest absolute Gasteiger partial charge is 0.374 e. The second-order valence-corrected chi connectivity index (χ2v) is 8.54. The summed E-state index contributed by atoms with van der Waals surface area (Å²) in [5.41, 5.74) is 1.56. The Hall–Kier alpha value is -3.71. The summed E-state index contributed by atoms with van der Waals surface area (Å²) in [5, 5.41) is 7.83. The van der Waals surface area contributed by atoms with Crippen LogP contribution in [0, 0.1) is 0 Å². The van der Waals surface area contributed by atoms with E-state index in [9.17, 15) is 14.4 Å². The molecule has 3 atom stereocenters. The van der Waals surface area contributed by atoms with E-state index in [2.05, 4.69) is 10.6 Å². The Bertz CT molecular complexity index is 1200. The zero-order valence-electron chi connectivity index (χ0n) is 18.1. The van der Waals surface area contributed by atoms with Gasteiger partial charge in [0.1, 0.15) is 12.1 Å². The summed E-state index contributed by atoms with van der Waals surface area (Å²) in [6, 6.07) is 21.5. The van der Waals surface area contributed by atoms with Gasteiger partial charge < -0.3 is 20.3 Å². The number of ether oxygens (including phenoxy) is 1. The van der Waals surface area contributed by atoms with Crippen LogP contribution in [0.4, 0.5) is 0 Å². The summed E-state index contributed by atoms with van der Waals surface area (Å²) in [4.78, 5) is 40.0. The lowest BCUT2D eigenvalue weighted by atomic mass is 10.1. The van der Waals surface area contributed by atoms with Gasteiger partial charge in [0.15, 0.2) is 0 Å². The summed E-state index contributed by atoms with van der Waals surface area (Å²) < 4.78 is 5.68. The van der Waals surface area contributed by atoms with Crippen LogP contribution in [0.2, 0.25) is 0 Å². The van der Waals surface area contributed by atoms with Crippen molar-refractivity contribution in [3.63, 3.8) is 0 Å². The van der Waals surface area contributed by atoms with E-state index in [1.165, 1.54) is 0 Å². The Balaban J connectivity index is 1.19. The summed E-state index contributed by atoms with van der Waals surface area (Å²) in [5.74, 6) is -0.582. The van der Waals surface area contributed by atoms with Gasteiger partial charge in [-0.15, -0.1) is 0 Å². The van der Waals surface area contributed by atoms with Crippen molar-refractivity contribution in [2.75, 3.05) is 13.2 Å². The van der Waals surface area contributed by atoms with Gasteiger partial charge in [-0.05, 0) is 34.9 Å². The van der Waals surface area contributed by atoms with E-state index in [-0.39, 0.29) is 30.4 Å². The van der Waals surface area contributed by atoms with Gasteiger partial charge in [-0.3, -0.25) is 14.4 Å². The third kappa shape index (κ3) is 4.45. The van der Waals surface area contributed by atoms with Crippen molar-refractivity contribution < 1.29 is 19.1 Å². The minimum absolute atomic E-state index is 0.108. The van der Waals surface area contributed by atoms with Crippen LogP contribution in [0.25, 0.3) is 10.8 Å². The molecule has 0 aliphatic carbocycles. The van der Waals surface area contributed by atoms with Crippen molar-refractivity contribution in [3.8, 4) is 0 Å². The zero-order chi connectivity index (χ0) is 22.8. The number of benzene rings is 3. The van der Waals surface area contributed by atoms with Crippen molar-refractivity contribution >= 4 is 28.5 Å². The van der Waals surface area contributed by atoms with Gasteiger partial charge in [0.25, 0.3) is 5.91 Å². The molecule has 2 heterocycles. The molecular formula is C26H25N3O4. The second kappa shape index (κ2) is 9.03. The third-order valence-electron chi connectivity index (χ3n) is 6.24. The highest BCUT2D eigenvalue weighted by Gasteiger charge is 2.46. The van der Waals surface area contributed by atoms with Crippen LogP contribution in [0.1, 0.15) is 22.3 Å². The third-order valence-corrected chi connectivity index (χ3v) is 6.24. The predicted octanol–water partition coefficient (Wildman–Crippen LogP) is 2.25. The lowest BCUT2D eigenvalue weighted by Gasteiger charge is -2.34. The smallest absolute Gasteiger partial charge is 0.251 e. The van der Waals surface area contributed by atoms with Crippen LogP contribution >= 0.6 is 0 Å². The van der Waals surface area contributed by atoms with Gasteiger partial charge in [0.05, 0.1) is 13.2 Å². The van der Waals surface area contributed by atoms with E-state index in [1.54, 1.807) is 11.0 Å². The molecule has 2 aliphatic rings. The number of carbonyl (C=O) groups excluding carboxylic acids is 3. The number of piperazine rings is 1. The molecular weight excluding hydrogens is 418 g/mol. The van der Waals surface area contributed by atoms with Gasteiger partial charge >= 0.3 is 0 Å². The summed E-state index contributed by atoms with van der Waals surface area (Å²) in [6.45, 7) is 0.788. The van der Waals surface area contributed by atoms with E-state index >= 15 is 0 Å². The summed E-state index contributed by atoms with van der Waals surface area (Å²) in [6.07, 6.45) is 0.397. The van der Waals surface area contributed by atoms with Crippen LogP contribution in [-0.4, -0.2) is 53.9 Å². The number of fused-ring (bicyclic) bond motifs is 2. The number of amides is 3. The van der Waals surface area contributed by atoms with E-state index in [0.29, 0.717) is 25.1 Å². The monoisotopic (exact) mass is 443 g/mol. The van der Waals surface area contributed by atoms with Crippen LogP contribution in [0.3, 0.4) is 0 Å². The summed E-state index contributed by atoms with van der Waals surface area (Å²) >= 11 is 0. The van der Waals surface area contributed by atoms with E-state index < -0.39 is 12.1 Å². The van der Waals surface area contributed by atoms with Gasteiger partial charge in [-0.1, -0.05) is 60.7 Å². The average molecular weight is 444 g/mol. The van der Waals surface area contributed by atoms with Gasteiger partial charge in [-0.2, -0.15) is 0 Å². The number of hydrogen-bond acceptors (Lipinski definition) is 4. The fourth-order valence-electron chi connectivity index (χ4n) is 4.54. The van der Waals surface area contributed by atoms with Crippen molar-refractivity contribution in [3.05, 3.63) is 83.9 Å². The molecule has 2 N–H and O–H groups in total. The normalized spacial score (nSPS) is 22.2. The maximum Gasteiger partial charge on any atom is 0.251 e. The maximum absolute atomic E-state index is 13.0. The molecule has 0 saturated carbocycles. The molecule has 3 amide bonds. The molecule has 2 saturated heterocycles. The standard InChI is InChI=1S/C26H25N3O4/c30-24(20-11-10-18-8-4-5-9-19(18)12-20)27-21-13-23-25(31)28-22(26(32)29(23)14-21)16-33-15-17-6-2-1-3-7-17/h1-12,21-23H,13-16H2,(H,27,30)(H,28,31)/t21-,22-,23-/m0/s1. The molecule has 33 heavy (non-hydrogen) atoms. The summed E-state index contributed by atoms with van der Waals surface area (Å²) in [7, 11) is 0. The molecule has 0 spiro atoms. The quantitative estimate of drug-likeness (QED) is 0.612. The molecule has 0 aromatic heterocycles. The Morgan fingerprint density at radius 1 is 1.00 bits per heavy atom. The lowest BCUT2D eigenvalue weighted by molar-refractivity contribution is -0.148. The van der Waals surface area contributed by atoms with Gasteiger partial charge in [0.2, 0.25) is 11.8 Å². The molecule has 2 fully saturated rings. The highest BCUT2D eigenvalue weighted by Crippen LogP contribution is 2.24. The van der Waals surface area contributed by atoms with E-state index in [4.69, 9.17) is 4.74 Å². The zero-order valence-corrected chi connectivity index (χ0v) is 18.1. The molecule has 7 nitrogen and oxygen atoms in total. The van der Waals surface area contributed by atoms with Crippen molar-refractivity contribution in [2.45, 2.75) is 31.2 Å². The first-order valence-corrected chi connectivity index (χ1v) is 11.1. The predicted molar refractivity (Wildman–Crippen MR) is 123 cm³/mol. The highest BCUT2D eigenvalue weighted by atomic mass is 16.5. The molecule has 3 aromatic carbocycles. The molecule has 2 aliphatic heterocycles. The fraction of sp³-hybridized carbons (Fsp3) is 0.269. The van der Waals surface area contributed by atoms with Crippen LogP contribution in [0.5, 0.6) is 0 Å². The minimum Gasteiger partial charge on any atom is -0.374 e. The van der Waals surface area contributed by atoms with Crippen LogP contribution < -0.4 is 10.6 Å². The number of nitrogens with one attached hydrogen (secondary N) is 2. The first kappa shape index (κ1) is 21.2. The highest BCUT2D eigenvalue weighted by molar-refractivity contribution is 6.00. The molecule has 7 heteroatoms. The van der Waals surface area contributed by atoms with Gasteiger partial charge in [0, 0.05) is 18.2 Å². The molecule has 0 unspecified atom stereocenters. The first-order valence-electron chi connectivity index (χ1n) is 11.1. The Morgan fingerprint density at radius 2 is 1.76 bits per heavy atom. The fourth-order valence-corrected chi connectivity index (χ4v) is 4.54. The molecule has 168 valence electrons. The van der Waals surface area contributed by atoms with Crippen molar-refractivity contribution in [1.82, 2.24) is 15.5 Å². The minimum atomic E-state index is -0.715. The Kier molecular flexibility index (Phi) is 5.79. The number of rotatable bonds is 6. The van der Waals surface area contributed by atoms with Gasteiger partial charge in [-0.25, -0.2) is 0 Å². The number of nitrogens with zero attached hydrogens (tertiary/aromatic N) is 1. The maximum atomic E-state index is 13.0. The number of hydrogen-bond donors (Lipinski definition) is 2. The Labute approximate surface area is 191 Å². The van der Waals surface area contributed by atoms with Crippen molar-refractivity contribution in [2.24, 2.45) is 0 Å². The molecule has 3 aromatic rings. The van der Waals surface area contributed by atoms with Crippen molar-refractivity contribution in [1.29, 1.82) is 0 Å².